The number of aromatic nitrogens is 6. The molecule has 4 aromatic heterocycles. The van der Waals surface area contributed by atoms with Gasteiger partial charge in [0.1, 0.15) is 22.8 Å². The highest BCUT2D eigenvalue weighted by molar-refractivity contribution is 5.63. The first kappa shape index (κ1) is 25.7. The molecule has 0 saturated heterocycles. The highest BCUT2D eigenvalue weighted by atomic mass is 19.4. The van der Waals surface area contributed by atoms with E-state index in [2.05, 4.69) is 35.2 Å². The summed E-state index contributed by atoms with van der Waals surface area (Å²) in [4.78, 5) is 21.6. The third-order valence-corrected chi connectivity index (χ3v) is 4.52. The summed E-state index contributed by atoms with van der Waals surface area (Å²) in [5.74, 6) is -1.41. The molecule has 37 heavy (non-hydrogen) atoms. The van der Waals surface area contributed by atoms with E-state index in [9.17, 15) is 39.5 Å². The van der Waals surface area contributed by atoms with Crippen LogP contribution >= 0.6 is 0 Å². The molecule has 0 aliphatic rings. The van der Waals surface area contributed by atoms with Crippen molar-refractivity contribution in [1.82, 2.24) is 29.9 Å². The second-order valence-corrected chi connectivity index (χ2v) is 7.19. The Morgan fingerprint density at radius 1 is 0.568 bits per heavy atom. The van der Waals surface area contributed by atoms with Gasteiger partial charge in [0, 0.05) is 23.6 Å². The van der Waals surface area contributed by atoms with E-state index in [0.717, 1.165) is 36.7 Å². The van der Waals surface area contributed by atoms with E-state index in [1.807, 2.05) is 0 Å². The number of hydrogen-bond donors (Lipinski definition) is 1. The fourth-order valence-electron chi connectivity index (χ4n) is 2.91. The van der Waals surface area contributed by atoms with Gasteiger partial charge in [-0.05, 0) is 36.4 Å². The molecule has 4 heterocycles. The number of nitrogens with one attached hydrogen (secondary N) is 1. The Labute approximate surface area is 200 Å². The van der Waals surface area contributed by atoms with Crippen LogP contribution in [0.4, 0.5) is 51.1 Å². The molecule has 0 spiro atoms. The van der Waals surface area contributed by atoms with Gasteiger partial charge in [0.05, 0.1) is 0 Å². The van der Waals surface area contributed by atoms with E-state index in [-0.39, 0.29) is 11.3 Å². The third kappa shape index (κ3) is 6.07. The van der Waals surface area contributed by atoms with Crippen molar-refractivity contribution in [1.29, 1.82) is 0 Å². The molecule has 0 aliphatic carbocycles. The van der Waals surface area contributed by atoms with Crippen molar-refractivity contribution in [2.45, 2.75) is 18.5 Å². The summed E-state index contributed by atoms with van der Waals surface area (Å²) in [6.07, 6.45) is -12.8. The van der Waals surface area contributed by atoms with E-state index in [1.54, 1.807) is 0 Å². The lowest BCUT2D eigenvalue weighted by Crippen LogP contribution is -2.11. The zero-order valence-corrected chi connectivity index (χ0v) is 17.8. The number of pyridine rings is 3. The summed E-state index contributed by atoms with van der Waals surface area (Å²) in [6, 6.07) is 6.23. The van der Waals surface area contributed by atoms with Crippen molar-refractivity contribution in [3.8, 4) is 22.9 Å². The van der Waals surface area contributed by atoms with E-state index >= 15 is 0 Å². The summed E-state index contributed by atoms with van der Waals surface area (Å²) in [5, 5.41) is 2.44. The molecule has 16 heteroatoms. The minimum Gasteiger partial charge on any atom is -0.324 e. The molecule has 4 aromatic rings. The molecule has 1 N–H and O–H groups in total. The summed E-state index contributed by atoms with van der Waals surface area (Å²) >= 11 is 0. The highest BCUT2D eigenvalue weighted by Gasteiger charge is 2.34. The Balaban J connectivity index is 1.85. The monoisotopic (exact) mass is 531 g/mol. The molecule has 0 saturated carbocycles. The maximum atomic E-state index is 13.1. The Kier molecular flexibility index (Phi) is 6.43. The van der Waals surface area contributed by atoms with Crippen LogP contribution < -0.4 is 5.32 Å². The minimum atomic E-state index is -4.83. The quantitative estimate of drug-likeness (QED) is 0.314. The highest BCUT2D eigenvalue weighted by Crippen LogP contribution is 2.33. The van der Waals surface area contributed by atoms with E-state index in [0.29, 0.717) is 18.2 Å². The zero-order chi connectivity index (χ0) is 27.0. The molecular weight excluding hydrogens is 521 g/mol. The van der Waals surface area contributed by atoms with Gasteiger partial charge in [-0.3, -0.25) is 9.97 Å². The van der Waals surface area contributed by atoms with E-state index < -0.39 is 58.9 Å². The molecule has 0 unspecified atom stereocenters. The van der Waals surface area contributed by atoms with Gasteiger partial charge in [0.15, 0.2) is 11.6 Å². The van der Waals surface area contributed by atoms with Crippen LogP contribution in [0.2, 0.25) is 0 Å². The van der Waals surface area contributed by atoms with Crippen LogP contribution in [0.1, 0.15) is 17.1 Å². The number of alkyl halides is 9. The van der Waals surface area contributed by atoms with Gasteiger partial charge >= 0.3 is 18.5 Å². The topological polar surface area (TPSA) is 89.4 Å². The van der Waals surface area contributed by atoms with Crippen molar-refractivity contribution < 1.29 is 39.5 Å². The first-order valence-electron chi connectivity index (χ1n) is 9.85. The summed E-state index contributed by atoms with van der Waals surface area (Å²) < 4.78 is 118. The number of nitrogens with zero attached hydrogens (tertiary/aromatic N) is 6. The Hall–Kier alpha value is -4.37. The van der Waals surface area contributed by atoms with Crippen molar-refractivity contribution in [3.05, 3.63) is 71.9 Å². The fraction of sp³-hybridized carbons (Fsp3) is 0.143. The standard InChI is InChI=1S/C21H10F9N7/c22-19(23,24)13-3-1-2-12(34-13)17-35-16(10-4-6-31-14(8-10)20(25,26)27)36-18(37-17)33-11-5-7-32-15(9-11)21(28,29)30/h1-9H,(H,32,33,35,36,37). The van der Waals surface area contributed by atoms with Crippen LogP contribution in [-0.2, 0) is 18.5 Å². The summed E-state index contributed by atoms with van der Waals surface area (Å²) in [7, 11) is 0. The second kappa shape index (κ2) is 9.25. The first-order chi connectivity index (χ1) is 17.2. The first-order valence-corrected chi connectivity index (χ1v) is 9.85. The minimum absolute atomic E-state index is 0.215. The third-order valence-electron chi connectivity index (χ3n) is 4.52. The molecule has 7 nitrogen and oxygen atoms in total. The van der Waals surface area contributed by atoms with Crippen molar-refractivity contribution in [3.63, 3.8) is 0 Å². The van der Waals surface area contributed by atoms with Crippen LogP contribution in [0.5, 0.6) is 0 Å². The lowest BCUT2D eigenvalue weighted by atomic mass is 10.2. The molecule has 0 radical (unpaired) electrons. The number of anilines is 2. The molecule has 4 rings (SSSR count). The number of rotatable bonds is 4. The van der Waals surface area contributed by atoms with Crippen molar-refractivity contribution in [2.24, 2.45) is 0 Å². The molecular formula is C21H10F9N7. The van der Waals surface area contributed by atoms with Gasteiger partial charge < -0.3 is 5.32 Å². The fourth-order valence-corrected chi connectivity index (χ4v) is 2.91. The zero-order valence-electron chi connectivity index (χ0n) is 17.8. The van der Waals surface area contributed by atoms with Gasteiger partial charge in [-0.15, -0.1) is 0 Å². The van der Waals surface area contributed by atoms with E-state index in [4.69, 9.17) is 0 Å². The van der Waals surface area contributed by atoms with Crippen LogP contribution in [0.15, 0.2) is 54.9 Å². The lowest BCUT2D eigenvalue weighted by Gasteiger charge is -2.12. The molecule has 0 fully saturated rings. The smallest absolute Gasteiger partial charge is 0.324 e. The predicted molar refractivity (Wildman–Crippen MR) is 109 cm³/mol. The van der Waals surface area contributed by atoms with Crippen molar-refractivity contribution in [2.75, 3.05) is 5.32 Å². The number of hydrogen-bond acceptors (Lipinski definition) is 7. The molecule has 192 valence electrons. The Morgan fingerprint density at radius 3 is 1.81 bits per heavy atom. The van der Waals surface area contributed by atoms with Gasteiger partial charge in [0.25, 0.3) is 0 Å². The van der Waals surface area contributed by atoms with Gasteiger partial charge in [0.2, 0.25) is 5.95 Å². The van der Waals surface area contributed by atoms with E-state index in [1.165, 1.54) is 0 Å². The summed E-state index contributed by atoms with van der Waals surface area (Å²) in [6.45, 7) is 0. The van der Waals surface area contributed by atoms with Crippen LogP contribution in [0, 0.1) is 0 Å². The Bertz CT molecular complexity index is 1360. The number of halogens is 9. The SMILES string of the molecule is FC(F)(F)c1cc(Nc2nc(-c3ccnc(C(F)(F)F)c3)nc(-c3cccc(C(F)(F)F)n3)n2)ccn1. The van der Waals surface area contributed by atoms with Gasteiger partial charge in [-0.25, -0.2) is 9.97 Å². The molecule has 0 amide bonds. The van der Waals surface area contributed by atoms with Crippen LogP contribution in [-0.4, -0.2) is 29.9 Å². The lowest BCUT2D eigenvalue weighted by molar-refractivity contribution is -0.141. The molecule has 0 aliphatic heterocycles. The van der Waals surface area contributed by atoms with Crippen LogP contribution in [0.25, 0.3) is 22.9 Å². The largest absolute Gasteiger partial charge is 0.433 e. The maximum Gasteiger partial charge on any atom is 0.433 e. The van der Waals surface area contributed by atoms with Crippen LogP contribution in [0.3, 0.4) is 0 Å². The molecule has 0 atom stereocenters. The maximum absolute atomic E-state index is 13.1. The van der Waals surface area contributed by atoms with Gasteiger partial charge in [-0.2, -0.15) is 49.5 Å². The van der Waals surface area contributed by atoms with Gasteiger partial charge in [-0.1, -0.05) is 6.07 Å². The Morgan fingerprint density at radius 2 is 1.16 bits per heavy atom. The average Bonchev–Trinajstić information content (AvgIpc) is 2.83. The average molecular weight is 531 g/mol. The summed E-state index contributed by atoms with van der Waals surface area (Å²) in [5.41, 5.74) is -4.75. The molecule has 0 bridgehead atoms. The predicted octanol–water partition coefficient (Wildman–Crippen LogP) is 6.19. The molecule has 0 aromatic carbocycles. The second-order valence-electron chi connectivity index (χ2n) is 7.19. The normalized spacial score (nSPS) is 12.5. The van der Waals surface area contributed by atoms with Crippen molar-refractivity contribution >= 4 is 11.6 Å².